The Morgan fingerprint density at radius 3 is 2.44 bits per heavy atom. The van der Waals surface area contributed by atoms with Crippen LogP contribution in [-0.4, -0.2) is 47.7 Å². The number of likely N-dealkylation sites (tertiary alicyclic amines) is 1. The van der Waals surface area contributed by atoms with E-state index in [0.29, 0.717) is 0 Å². The monoisotopic (exact) mass is 375 g/mol. The van der Waals surface area contributed by atoms with E-state index in [1.54, 1.807) is 31.2 Å². The molecule has 1 saturated heterocycles. The summed E-state index contributed by atoms with van der Waals surface area (Å²) in [7, 11) is 0. The number of rotatable bonds is 6. The van der Waals surface area contributed by atoms with Crippen LogP contribution in [0.3, 0.4) is 0 Å². The minimum atomic E-state index is -1.23. The molecule has 0 saturated carbocycles. The average molecular weight is 375 g/mol. The Morgan fingerprint density at radius 1 is 1.15 bits per heavy atom. The van der Waals surface area contributed by atoms with E-state index in [1.807, 2.05) is 19.9 Å². The number of ether oxygens (including phenoxy) is 2. The van der Waals surface area contributed by atoms with E-state index in [9.17, 15) is 19.2 Å². The molecule has 0 aliphatic carbocycles. The number of nitrogens with zero attached hydrogens (tertiary/aromatic N) is 1. The standard InChI is InChI=1S/C20H25NO6/c1-13(2)11-27-20(25)21-10-9-16(22)17(14(21)3)18(23)19(24)26-12-15-7-5-4-6-8-15/h4-8,13-14,17H,9-12H2,1-3H3. The van der Waals surface area contributed by atoms with Crippen molar-refractivity contribution in [1.29, 1.82) is 0 Å². The molecule has 1 fully saturated rings. The summed E-state index contributed by atoms with van der Waals surface area (Å²) in [5, 5.41) is 0. The van der Waals surface area contributed by atoms with Gasteiger partial charge >= 0.3 is 12.1 Å². The molecular formula is C20H25NO6. The Hall–Kier alpha value is -2.70. The number of hydrogen-bond acceptors (Lipinski definition) is 6. The molecule has 1 aromatic carbocycles. The zero-order valence-electron chi connectivity index (χ0n) is 15.8. The van der Waals surface area contributed by atoms with E-state index in [2.05, 4.69) is 0 Å². The number of piperidine rings is 1. The van der Waals surface area contributed by atoms with E-state index in [1.165, 1.54) is 4.90 Å². The fourth-order valence-corrected chi connectivity index (χ4v) is 2.90. The van der Waals surface area contributed by atoms with Crippen LogP contribution in [-0.2, 0) is 30.5 Å². The van der Waals surface area contributed by atoms with Crippen molar-refractivity contribution in [3.8, 4) is 0 Å². The number of amides is 1. The highest BCUT2D eigenvalue weighted by Gasteiger charge is 2.44. The molecule has 1 heterocycles. The van der Waals surface area contributed by atoms with Crippen molar-refractivity contribution < 1.29 is 28.7 Å². The molecule has 1 aliphatic rings. The van der Waals surface area contributed by atoms with Crippen LogP contribution in [0.4, 0.5) is 4.79 Å². The van der Waals surface area contributed by atoms with Gasteiger partial charge in [0.15, 0.2) is 0 Å². The first-order valence-corrected chi connectivity index (χ1v) is 9.02. The molecule has 7 nitrogen and oxygen atoms in total. The maximum atomic E-state index is 12.5. The van der Waals surface area contributed by atoms with Gasteiger partial charge in [0.05, 0.1) is 6.61 Å². The van der Waals surface area contributed by atoms with Gasteiger partial charge in [0.1, 0.15) is 18.3 Å². The van der Waals surface area contributed by atoms with Crippen molar-refractivity contribution >= 4 is 23.6 Å². The quantitative estimate of drug-likeness (QED) is 0.431. The minimum Gasteiger partial charge on any atom is -0.455 e. The van der Waals surface area contributed by atoms with Gasteiger partial charge in [-0.05, 0) is 18.4 Å². The van der Waals surface area contributed by atoms with Crippen molar-refractivity contribution in [3.63, 3.8) is 0 Å². The van der Waals surface area contributed by atoms with Crippen molar-refractivity contribution in [3.05, 3.63) is 35.9 Å². The van der Waals surface area contributed by atoms with Crippen LogP contribution in [0.2, 0.25) is 0 Å². The SMILES string of the molecule is CC(C)COC(=O)N1CCC(=O)C(C(=O)C(=O)OCc2ccccc2)C1C. The molecule has 0 radical (unpaired) electrons. The Morgan fingerprint density at radius 2 is 1.81 bits per heavy atom. The summed E-state index contributed by atoms with van der Waals surface area (Å²) in [6.45, 7) is 5.74. The third-order valence-electron chi connectivity index (χ3n) is 4.39. The summed E-state index contributed by atoms with van der Waals surface area (Å²) in [6, 6.07) is 8.17. The molecule has 0 spiro atoms. The first kappa shape index (κ1) is 20.6. The Kier molecular flexibility index (Phi) is 7.10. The summed E-state index contributed by atoms with van der Waals surface area (Å²) in [5.74, 6) is -3.42. The second-order valence-electron chi connectivity index (χ2n) is 7.02. The van der Waals surface area contributed by atoms with E-state index in [0.717, 1.165) is 5.56 Å². The predicted molar refractivity (Wildman–Crippen MR) is 96.7 cm³/mol. The predicted octanol–water partition coefficient (Wildman–Crippen LogP) is 2.37. The lowest BCUT2D eigenvalue weighted by atomic mass is 9.85. The van der Waals surface area contributed by atoms with Crippen molar-refractivity contribution in [2.24, 2.45) is 11.8 Å². The van der Waals surface area contributed by atoms with E-state index >= 15 is 0 Å². The van der Waals surface area contributed by atoms with E-state index in [-0.39, 0.29) is 37.9 Å². The largest absolute Gasteiger partial charge is 0.455 e. The van der Waals surface area contributed by atoms with Gasteiger partial charge in [-0.25, -0.2) is 9.59 Å². The van der Waals surface area contributed by atoms with Crippen LogP contribution >= 0.6 is 0 Å². The number of benzene rings is 1. The first-order chi connectivity index (χ1) is 12.8. The van der Waals surface area contributed by atoms with Gasteiger partial charge in [-0.3, -0.25) is 9.59 Å². The van der Waals surface area contributed by atoms with Gasteiger partial charge < -0.3 is 14.4 Å². The molecule has 1 amide bonds. The molecule has 0 bridgehead atoms. The summed E-state index contributed by atoms with van der Waals surface area (Å²) >= 11 is 0. The van der Waals surface area contributed by atoms with Crippen LogP contribution < -0.4 is 0 Å². The van der Waals surface area contributed by atoms with E-state index in [4.69, 9.17) is 9.47 Å². The molecule has 2 rings (SSSR count). The van der Waals surface area contributed by atoms with Gasteiger partial charge in [0.25, 0.3) is 5.78 Å². The molecule has 2 atom stereocenters. The lowest BCUT2D eigenvalue weighted by Gasteiger charge is -2.36. The maximum absolute atomic E-state index is 12.5. The Bertz CT molecular complexity index is 700. The molecule has 1 aromatic rings. The maximum Gasteiger partial charge on any atom is 0.410 e. The summed E-state index contributed by atoms with van der Waals surface area (Å²) in [5.41, 5.74) is 0.737. The van der Waals surface area contributed by atoms with E-state index < -0.39 is 29.8 Å². The number of esters is 1. The molecule has 146 valence electrons. The smallest absolute Gasteiger partial charge is 0.410 e. The highest BCUT2D eigenvalue weighted by molar-refractivity contribution is 6.38. The van der Waals surface area contributed by atoms with Crippen molar-refractivity contribution in [2.45, 2.75) is 39.8 Å². The lowest BCUT2D eigenvalue weighted by molar-refractivity contribution is -0.160. The van der Waals surface area contributed by atoms with Gasteiger partial charge in [-0.1, -0.05) is 44.2 Å². The number of hydrogen-bond donors (Lipinski definition) is 0. The molecule has 1 aliphatic heterocycles. The lowest BCUT2D eigenvalue weighted by Crippen LogP contribution is -2.54. The van der Waals surface area contributed by atoms with Crippen molar-refractivity contribution in [1.82, 2.24) is 4.90 Å². The zero-order chi connectivity index (χ0) is 20.0. The number of Topliss-reactive ketones (excluding diaryl/α,β-unsaturated/α-hetero) is 2. The number of carbonyl (C=O) groups is 4. The van der Waals surface area contributed by atoms with Crippen LogP contribution in [0, 0.1) is 11.8 Å². The van der Waals surface area contributed by atoms with Gasteiger partial charge in [-0.2, -0.15) is 0 Å². The van der Waals surface area contributed by atoms with Gasteiger partial charge in [0, 0.05) is 19.0 Å². The molecule has 7 heteroatoms. The second kappa shape index (κ2) is 9.30. The first-order valence-electron chi connectivity index (χ1n) is 9.02. The van der Waals surface area contributed by atoms with Gasteiger partial charge in [-0.15, -0.1) is 0 Å². The van der Waals surface area contributed by atoms with Gasteiger partial charge in [0.2, 0.25) is 0 Å². The molecular weight excluding hydrogens is 350 g/mol. The molecule has 27 heavy (non-hydrogen) atoms. The van der Waals surface area contributed by atoms with Crippen LogP contribution in [0.5, 0.6) is 0 Å². The van der Waals surface area contributed by atoms with Crippen LogP contribution in [0.1, 0.15) is 32.8 Å². The fourth-order valence-electron chi connectivity index (χ4n) is 2.90. The third-order valence-corrected chi connectivity index (χ3v) is 4.39. The third kappa shape index (κ3) is 5.39. The molecule has 0 aromatic heterocycles. The van der Waals surface area contributed by atoms with Crippen molar-refractivity contribution in [2.75, 3.05) is 13.2 Å². The second-order valence-corrected chi connectivity index (χ2v) is 7.02. The fraction of sp³-hybridized carbons (Fsp3) is 0.500. The highest BCUT2D eigenvalue weighted by Crippen LogP contribution is 2.23. The molecule has 2 unspecified atom stereocenters. The zero-order valence-corrected chi connectivity index (χ0v) is 15.8. The van der Waals surface area contributed by atoms with Crippen LogP contribution in [0.25, 0.3) is 0 Å². The number of carbonyl (C=O) groups excluding carboxylic acids is 4. The summed E-state index contributed by atoms with van der Waals surface area (Å²) in [4.78, 5) is 50.5. The molecule has 0 N–H and O–H groups in total. The average Bonchev–Trinajstić information content (AvgIpc) is 2.65. The minimum absolute atomic E-state index is 0.00346. The van der Waals surface area contributed by atoms with Crippen LogP contribution in [0.15, 0.2) is 30.3 Å². The Balaban J connectivity index is 2.00. The highest BCUT2D eigenvalue weighted by atomic mass is 16.6. The number of ketones is 2. The topological polar surface area (TPSA) is 90.0 Å². The normalized spacial score (nSPS) is 19.7. The Labute approximate surface area is 158 Å². The summed E-state index contributed by atoms with van der Waals surface area (Å²) in [6.07, 6.45) is -0.581. The summed E-state index contributed by atoms with van der Waals surface area (Å²) < 4.78 is 10.2.